The van der Waals surface area contributed by atoms with Gasteiger partial charge in [0.2, 0.25) is 5.91 Å². The molecule has 182 valence electrons. The van der Waals surface area contributed by atoms with Gasteiger partial charge in [-0.05, 0) is 36.5 Å². The van der Waals surface area contributed by atoms with Gasteiger partial charge in [-0.25, -0.2) is 8.42 Å². The minimum Gasteiger partial charge on any atom is -0.493 e. The highest BCUT2D eigenvalue weighted by molar-refractivity contribution is 7.91. The first kappa shape index (κ1) is 23.1. The van der Waals surface area contributed by atoms with Crippen molar-refractivity contribution in [2.75, 3.05) is 50.8 Å². The first-order valence-corrected chi connectivity index (χ1v) is 14.5. The predicted molar refractivity (Wildman–Crippen MR) is 128 cm³/mol. The van der Waals surface area contributed by atoms with Crippen LogP contribution in [0.1, 0.15) is 49.7 Å². The molecule has 0 spiro atoms. The SMILES string of the molecule is O=C(CN1CCN(Cc2ccc3c(c2)CCO3)CC1)N(C1CCCCC1)[C@@H]1CCS(=O)(=O)C1. The average Bonchev–Trinajstić information content (AvgIpc) is 3.41. The molecule has 1 amide bonds. The van der Waals surface area contributed by atoms with E-state index >= 15 is 0 Å². The van der Waals surface area contributed by atoms with Crippen LogP contribution in [0, 0.1) is 0 Å². The topological polar surface area (TPSA) is 70.2 Å². The minimum atomic E-state index is -3.01. The Kier molecular flexibility index (Phi) is 6.95. The third-order valence-electron chi connectivity index (χ3n) is 7.84. The normalized spacial score (nSPS) is 26.1. The number of carbonyl (C=O) groups is 1. The van der Waals surface area contributed by atoms with Crippen LogP contribution in [-0.2, 0) is 27.6 Å². The number of nitrogens with zero attached hydrogens (tertiary/aromatic N) is 3. The molecule has 0 radical (unpaired) electrons. The van der Waals surface area contributed by atoms with Crippen molar-refractivity contribution in [1.29, 1.82) is 0 Å². The highest BCUT2D eigenvalue weighted by Gasteiger charge is 2.39. The molecule has 7 nitrogen and oxygen atoms in total. The summed E-state index contributed by atoms with van der Waals surface area (Å²) >= 11 is 0. The lowest BCUT2D eigenvalue weighted by atomic mass is 9.92. The van der Waals surface area contributed by atoms with Crippen LogP contribution in [0.25, 0.3) is 0 Å². The highest BCUT2D eigenvalue weighted by atomic mass is 32.2. The Bertz CT molecular complexity index is 952. The number of piperazine rings is 1. The van der Waals surface area contributed by atoms with Crippen molar-refractivity contribution in [2.24, 2.45) is 0 Å². The predicted octanol–water partition coefficient (Wildman–Crippen LogP) is 2.09. The van der Waals surface area contributed by atoms with Gasteiger partial charge in [0, 0.05) is 51.2 Å². The second-order valence-electron chi connectivity index (χ2n) is 10.2. The average molecular weight is 476 g/mol. The van der Waals surface area contributed by atoms with Crippen molar-refractivity contribution in [2.45, 2.75) is 63.6 Å². The number of fused-ring (bicyclic) bond motifs is 1. The van der Waals surface area contributed by atoms with E-state index in [4.69, 9.17) is 4.74 Å². The summed E-state index contributed by atoms with van der Waals surface area (Å²) in [5.74, 6) is 1.53. The summed E-state index contributed by atoms with van der Waals surface area (Å²) in [5, 5.41) is 0. The maximum atomic E-state index is 13.5. The lowest BCUT2D eigenvalue weighted by Crippen LogP contribution is -2.54. The zero-order valence-corrected chi connectivity index (χ0v) is 20.4. The molecule has 1 saturated carbocycles. The van der Waals surface area contributed by atoms with E-state index < -0.39 is 9.84 Å². The molecule has 1 aliphatic carbocycles. The number of carbonyl (C=O) groups excluding carboxylic acids is 1. The van der Waals surface area contributed by atoms with Crippen LogP contribution in [0.15, 0.2) is 18.2 Å². The van der Waals surface area contributed by atoms with Crippen LogP contribution in [0.2, 0.25) is 0 Å². The molecule has 3 aliphatic heterocycles. The summed E-state index contributed by atoms with van der Waals surface area (Å²) in [6, 6.07) is 6.62. The standard InChI is InChI=1S/C25H37N3O4S/c29-25(28(22-4-2-1-3-5-22)23-9-15-33(30,31)19-23)18-27-12-10-26(11-13-27)17-20-6-7-24-21(16-20)8-14-32-24/h6-7,16,22-23H,1-5,8-15,17-19H2/t23-/m1/s1. The van der Waals surface area contributed by atoms with Crippen molar-refractivity contribution >= 4 is 15.7 Å². The van der Waals surface area contributed by atoms with Gasteiger partial charge in [-0.3, -0.25) is 14.6 Å². The van der Waals surface area contributed by atoms with Gasteiger partial charge in [-0.1, -0.05) is 31.4 Å². The van der Waals surface area contributed by atoms with E-state index in [0.29, 0.717) is 13.0 Å². The molecule has 33 heavy (non-hydrogen) atoms. The number of hydrogen-bond donors (Lipinski definition) is 0. The van der Waals surface area contributed by atoms with Crippen molar-refractivity contribution < 1.29 is 17.9 Å². The summed E-state index contributed by atoms with van der Waals surface area (Å²) in [6.45, 7) is 5.78. The zero-order valence-electron chi connectivity index (χ0n) is 19.6. The summed E-state index contributed by atoms with van der Waals surface area (Å²) < 4.78 is 29.9. The van der Waals surface area contributed by atoms with E-state index in [1.54, 1.807) is 0 Å². The Labute approximate surface area is 198 Å². The van der Waals surface area contributed by atoms with Gasteiger partial charge in [-0.15, -0.1) is 0 Å². The van der Waals surface area contributed by atoms with Crippen LogP contribution >= 0.6 is 0 Å². The fourth-order valence-corrected chi connectivity index (χ4v) is 7.75. The molecule has 0 bridgehead atoms. The van der Waals surface area contributed by atoms with Crippen LogP contribution in [0.3, 0.4) is 0 Å². The molecule has 2 saturated heterocycles. The van der Waals surface area contributed by atoms with E-state index in [1.807, 2.05) is 4.90 Å². The smallest absolute Gasteiger partial charge is 0.237 e. The summed E-state index contributed by atoms with van der Waals surface area (Å²) in [7, 11) is -3.01. The molecule has 8 heteroatoms. The first-order chi connectivity index (χ1) is 16.0. The Morgan fingerprint density at radius 1 is 1.00 bits per heavy atom. The summed E-state index contributed by atoms with van der Waals surface area (Å²) in [5.41, 5.74) is 2.64. The molecule has 1 atom stereocenters. The van der Waals surface area contributed by atoms with E-state index in [2.05, 4.69) is 28.0 Å². The van der Waals surface area contributed by atoms with Crippen molar-refractivity contribution in [3.05, 3.63) is 29.3 Å². The fraction of sp³-hybridized carbons (Fsp3) is 0.720. The minimum absolute atomic E-state index is 0.129. The second kappa shape index (κ2) is 9.92. The molecule has 1 aromatic rings. The molecule has 3 fully saturated rings. The molecule has 5 rings (SSSR count). The van der Waals surface area contributed by atoms with Gasteiger partial charge < -0.3 is 9.64 Å². The Morgan fingerprint density at radius 2 is 1.76 bits per heavy atom. The van der Waals surface area contributed by atoms with Crippen LogP contribution < -0.4 is 4.74 Å². The third-order valence-corrected chi connectivity index (χ3v) is 9.59. The zero-order chi connectivity index (χ0) is 22.8. The summed E-state index contributed by atoms with van der Waals surface area (Å²) in [4.78, 5) is 20.2. The largest absolute Gasteiger partial charge is 0.493 e. The number of sulfone groups is 1. The molecular formula is C25H37N3O4S. The number of amides is 1. The van der Waals surface area contributed by atoms with Gasteiger partial charge in [0.25, 0.3) is 0 Å². The third kappa shape index (κ3) is 5.54. The Hall–Kier alpha value is -1.64. The van der Waals surface area contributed by atoms with Gasteiger partial charge in [0.15, 0.2) is 9.84 Å². The van der Waals surface area contributed by atoms with Crippen molar-refractivity contribution in [1.82, 2.24) is 14.7 Å². The maximum absolute atomic E-state index is 13.5. The van der Waals surface area contributed by atoms with Gasteiger partial charge in [0.05, 0.1) is 24.7 Å². The summed E-state index contributed by atoms with van der Waals surface area (Å²) in [6.07, 6.45) is 7.14. The van der Waals surface area contributed by atoms with Gasteiger partial charge in [-0.2, -0.15) is 0 Å². The fourth-order valence-electron chi connectivity index (χ4n) is 6.03. The monoisotopic (exact) mass is 475 g/mol. The lowest BCUT2D eigenvalue weighted by Gasteiger charge is -2.40. The Morgan fingerprint density at radius 3 is 2.48 bits per heavy atom. The Balaban J connectivity index is 1.16. The molecule has 0 unspecified atom stereocenters. The molecule has 0 aromatic heterocycles. The second-order valence-corrected chi connectivity index (χ2v) is 12.5. The van der Waals surface area contributed by atoms with Crippen LogP contribution in [0.4, 0.5) is 0 Å². The van der Waals surface area contributed by atoms with Gasteiger partial charge >= 0.3 is 0 Å². The maximum Gasteiger partial charge on any atom is 0.237 e. The van der Waals surface area contributed by atoms with E-state index in [9.17, 15) is 13.2 Å². The van der Waals surface area contributed by atoms with Crippen molar-refractivity contribution in [3.8, 4) is 5.75 Å². The van der Waals surface area contributed by atoms with Crippen molar-refractivity contribution in [3.63, 3.8) is 0 Å². The quantitative estimate of drug-likeness (QED) is 0.628. The van der Waals surface area contributed by atoms with Crippen LogP contribution in [-0.4, -0.2) is 91.9 Å². The number of rotatable bonds is 6. The van der Waals surface area contributed by atoms with Gasteiger partial charge in [0.1, 0.15) is 5.75 Å². The van der Waals surface area contributed by atoms with E-state index in [0.717, 1.165) is 77.2 Å². The number of hydrogen-bond acceptors (Lipinski definition) is 6. The lowest BCUT2D eigenvalue weighted by molar-refractivity contribution is -0.138. The molecule has 1 aromatic carbocycles. The first-order valence-electron chi connectivity index (χ1n) is 12.7. The van der Waals surface area contributed by atoms with E-state index in [-0.39, 0.29) is 29.5 Å². The number of ether oxygens (including phenoxy) is 1. The molecule has 4 aliphatic rings. The van der Waals surface area contributed by atoms with Crippen LogP contribution in [0.5, 0.6) is 5.75 Å². The molecule has 0 N–H and O–H groups in total. The molecular weight excluding hydrogens is 438 g/mol. The number of benzene rings is 1. The van der Waals surface area contributed by atoms with E-state index in [1.165, 1.54) is 17.5 Å². The molecule has 3 heterocycles. The highest BCUT2D eigenvalue weighted by Crippen LogP contribution is 2.29.